The molecule has 2 aromatic rings. The van der Waals surface area contributed by atoms with Crippen molar-refractivity contribution in [3.8, 4) is 0 Å². The van der Waals surface area contributed by atoms with Crippen LogP contribution in [0.2, 0.25) is 5.02 Å². The zero-order valence-corrected chi connectivity index (χ0v) is 15.6. The zero-order valence-electron chi connectivity index (χ0n) is 14.0. The molecule has 0 bridgehead atoms. The number of hydrogen-bond donors (Lipinski definition) is 1. The summed E-state index contributed by atoms with van der Waals surface area (Å²) in [5, 5.41) is 3.18. The summed E-state index contributed by atoms with van der Waals surface area (Å²) >= 11 is 5.98. The van der Waals surface area contributed by atoms with E-state index in [9.17, 15) is 13.2 Å². The van der Waals surface area contributed by atoms with Crippen LogP contribution in [0.4, 0.5) is 5.69 Å². The number of benzene rings is 1. The number of rotatable bonds is 7. The van der Waals surface area contributed by atoms with Gasteiger partial charge in [0.1, 0.15) is 6.04 Å². The van der Waals surface area contributed by atoms with Crippen LogP contribution in [-0.2, 0) is 21.4 Å². The van der Waals surface area contributed by atoms with Crippen LogP contribution in [0.1, 0.15) is 18.9 Å². The number of aromatic nitrogens is 1. The zero-order chi connectivity index (χ0) is 18.4. The van der Waals surface area contributed by atoms with Crippen LogP contribution < -0.4 is 9.62 Å². The molecular weight excluding hydrogens is 362 g/mol. The van der Waals surface area contributed by atoms with E-state index in [0.717, 1.165) is 16.1 Å². The first kappa shape index (κ1) is 19.2. The van der Waals surface area contributed by atoms with E-state index >= 15 is 0 Å². The quantitative estimate of drug-likeness (QED) is 0.799. The van der Waals surface area contributed by atoms with Crippen LogP contribution in [-0.4, -0.2) is 31.6 Å². The largest absolute Gasteiger partial charge is 0.350 e. The summed E-state index contributed by atoms with van der Waals surface area (Å²) in [6.45, 7) is 2.06. The molecule has 0 saturated heterocycles. The first-order valence-electron chi connectivity index (χ1n) is 7.74. The summed E-state index contributed by atoms with van der Waals surface area (Å²) in [6, 6.07) is 9.15. The molecule has 1 aromatic heterocycles. The van der Waals surface area contributed by atoms with Crippen LogP contribution >= 0.6 is 11.6 Å². The minimum atomic E-state index is -3.67. The predicted molar refractivity (Wildman–Crippen MR) is 98.9 cm³/mol. The fraction of sp³-hybridized carbons (Fsp3) is 0.294. The maximum atomic E-state index is 12.6. The van der Waals surface area contributed by atoms with Crippen LogP contribution in [0.3, 0.4) is 0 Å². The molecule has 0 spiro atoms. The van der Waals surface area contributed by atoms with Crippen LogP contribution in [0.25, 0.3) is 0 Å². The standard InChI is InChI=1S/C17H20ClN3O3S/c1-3-16(17(22)20-12-13-7-9-19-10-8-13)21(25(2,23)24)15-6-4-5-14(18)11-15/h4-11,16H,3,12H2,1-2H3,(H,20,22)/t16-/m0/s1. The van der Waals surface area contributed by atoms with Crippen molar-refractivity contribution in [2.24, 2.45) is 0 Å². The molecule has 2 rings (SSSR count). The number of sulfonamides is 1. The number of amides is 1. The summed E-state index contributed by atoms with van der Waals surface area (Å²) in [5.74, 6) is -0.371. The molecule has 1 atom stereocenters. The lowest BCUT2D eigenvalue weighted by atomic mass is 10.1. The maximum absolute atomic E-state index is 12.6. The predicted octanol–water partition coefficient (Wildman–Crippen LogP) is 2.60. The second-order valence-corrected chi connectivity index (χ2v) is 7.83. The van der Waals surface area contributed by atoms with Gasteiger partial charge in [0.05, 0.1) is 11.9 Å². The number of halogens is 1. The van der Waals surface area contributed by atoms with Gasteiger partial charge in [-0.05, 0) is 42.3 Å². The minimum Gasteiger partial charge on any atom is -0.350 e. The number of anilines is 1. The Morgan fingerprint density at radius 3 is 2.52 bits per heavy atom. The van der Waals surface area contributed by atoms with Crippen molar-refractivity contribution in [2.75, 3.05) is 10.6 Å². The summed E-state index contributed by atoms with van der Waals surface area (Å²) in [4.78, 5) is 16.5. The highest BCUT2D eigenvalue weighted by molar-refractivity contribution is 7.92. The Bertz CT molecular complexity index is 828. The van der Waals surface area contributed by atoms with E-state index in [0.29, 0.717) is 23.7 Å². The molecule has 1 aromatic carbocycles. The van der Waals surface area contributed by atoms with Gasteiger partial charge in [-0.25, -0.2) is 8.42 Å². The Morgan fingerprint density at radius 1 is 1.28 bits per heavy atom. The second kappa shape index (κ2) is 8.31. The van der Waals surface area contributed by atoms with Gasteiger partial charge in [0.15, 0.2) is 0 Å². The molecule has 0 saturated carbocycles. The third-order valence-electron chi connectivity index (χ3n) is 3.61. The summed E-state index contributed by atoms with van der Waals surface area (Å²) < 4.78 is 25.7. The van der Waals surface area contributed by atoms with Gasteiger partial charge in [-0.1, -0.05) is 24.6 Å². The number of pyridine rings is 1. The Morgan fingerprint density at radius 2 is 1.96 bits per heavy atom. The molecule has 25 heavy (non-hydrogen) atoms. The lowest BCUT2D eigenvalue weighted by molar-refractivity contribution is -0.122. The van der Waals surface area contributed by atoms with E-state index in [1.807, 2.05) is 0 Å². The van der Waals surface area contributed by atoms with Gasteiger partial charge in [-0.3, -0.25) is 14.1 Å². The third-order valence-corrected chi connectivity index (χ3v) is 5.02. The van der Waals surface area contributed by atoms with E-state index in [4.69, 9.17) is 11.6 Å². The van der Waals surface area contributed by atoms with Gasteiger partial charge < -0.3 is 5.32 Å². The molecule has 0 aliphatic rings. The molecule has 0 radical (unpaired) electrons. The monoisotopic (exact) mass is 381 g/mol. The lowest BCUT2D eigenvalue weighted by Crippen LogP contribution is -2.49. The topological polar surface area (TPSA) is 79.4 Å². The van der Waals surface area contributed by atoms with Crippen LogP contribution in [0, 0.1) is 0 Å². The lowest BCUT2D eigenvalue weighted by Gasteiger charge is -2.30. The highest BCUT2D eigenvalue weighted by Crippen LogP contribution is 2.25. The molecule has 0 aliphatic carbocycles. The van der Waals surface area contributed by atoms with Crippen LogP contribution in [0.15, 0.2) is 48.8 Å². The number of hydrogen-bond acceptors (Lipinski definition) is 4. The molecule has 0 fully saturated rings. The van der Waals surface area contributed by atoms with Gasteiger partial charge in [0, 0.05) is 24.0 Å². The van der Waals surface area contributed by atoms with E-state index in [1.165, 1.54) is 6.07 Å². The maximum Gasteiger partial charge on any atom is 0.244 e. The van der Waals surface area contributed by atoms with Gasteiger partial charge >= 0.3 is 0 Å². The van der Waals surface area contributed by atoms with Gasteiger partial charge in [0.2, 0.25) is 15.9 Å². The summed E-state index contributed by atoms with van der Waals surface area (Å²) in [5.41, 5.74) is 1.24. The fourth-order valence-corrected chi connectivity index (χ4v) is 3.87. The molecule has 1 N–H and O–H groups in total. The average Bonchev–Trinajstić information content (AvgIpc) is 2.57. The Hall–Kier alpha value is -2.12. The van der Waals surface area contributed by atoms with Gasteiger partial charge in [-0.15, -0.1) is 0 Å². The molecule has 134 valence electrons. The second-order valence-electron chi connectivity index (χ2n) is 5.54. The summed E-state index contributed by atoms with van der Waals surface area (Å²) in [7, 11) is -3.67. The number of nitrogens with zero attached hydrogens (tertiary/aromatic N) is 2. The van der Waals surface area contributed by atoms with Crippen molar-refractivity contribution in [1.29, 1.82) is 0 Å². The first-order valence-corrected chi connectivity index (χ1v) is 9.97. The molecule has 1 heterocycles. The van der Waals surface area contributed by atoms with Crippen LogP contribution in [0.5, 0.6) is 0 Å². The van der Waals surface area contributed by atoms with Crippen molar-refractivity contribution in [2.45, 2.75) is 25.9 Å². The van der Waals surface area contributed by atoms with Crippen molar-refractivity contribution in [3.05, 3.63) is 59.4 Å². The minimum absolute atomic E-state index is 0.297. The van der Waals surface area contributed by atoms with Crippen molar-refractivity contribution >= 4 is 33.2 Å². The number of carbonyl (C=O) groups is 1. The van der Waals surface area contributed by atoms with Gasteiger partial charge in [-0.2, -0.15) is 0 Å². The molecule has 0 aliphatic heterocycles. The van der Waals surface area contributed by atoms with Crippen molar-refractivity contribution < 1.29 is 13.2 Å². The fourth-order valence-electron chi connectivity index (χ4n) is 2.48. The third kappa shape index (κ3) is 5.17. The van der Waals surface area contributed by atoms with E-state index in [2.05, 4.69) is 10.3 Å². The summed E-state index contributed by atoms with van der Waals surface area (Å²) in [6.07, 6.45) is 4.66. The molecule has 8 heteroatoms. The molecule has 6 nitrogen and oxygen atoms in total. The molecular formula is C17H20ClN3O3S. The normalized spacial score (nSPS) is 12.4. The molecule has 0 unspecified atom stereocenters. The number of carbonyl (C=O) groups excluding carboxylic acids is 1. The smallest absolute Gasteiger partial charge is 0.244 e. The van der Waals surface area contributed by atoms with Crippen molar-refractivity contribution in [1.82, 2.24) is 10.3 Å². The average molecular weight is 382 g/mol. The first-order chi connectivity index (χ1) is 11.8. The SMILES string of the molecule is CC[C@@H](C(=O)NCc1ccncc1)N(c1cccc(Cl)c1)S(C)(=O)=O. The Labute approximate surface area is 152 Å². The van der Waals surface area contributed by atoms with Crippen molar-refractivity contribution in [3.63, 3.8) is 0 Å². The van der Waals surface area contributed by atoms with E-state index < -0.39 is 16.1 Å². The highest BCUT2D eigenvalue weighted by atomic mass is 35.5. The van der Waals surface area contributed by atoms with Gasteiger partial charge in [0.25, 0.3) is 0 Å². The Kier molecular flexibility index (Phi) is 6.39. The Balaban J connectivity index is 2.25. The van der Waals surface area contributed by atoms with E-state index in [-0.39, 0.29) is 5.91 Å². The van der Waals surface area contributed by atoms with E-state index in [1.54, 1.807) is 49.6 Å². The highest BCUT2D eigenvalue weighted by Gasteiger charge is 2.31. The molecule has 1 amide bonds. The number of nitrogens with one attached hydrogen (secondary N) is 1.